The minimum Gasteiger partial charge on any atom is -0.542 e. The first-order valence-corrected chi connectivity index (χ1v) is 11.6. The SMILES string of the molecule is CC(=O)Nc1ccc(/N=N/c2ccccc2O[Si](C)(C)C(C)(C)C)c(N)n1. The van der Waals surface area contributed by atoms with Crippen molar-refractivity contribution < 1.29 is 9.22 Å². The Kier molecular flexibility index (Phi) is 6.00. The zero-order chi connectivity index (χ0) is 20.2. The van der Waals surface area contributed by atoms with Gasteiger partial charge in [-0.05, 0) is 42.4 Å². The highest BCUT2D eigenvalue weighted by Gasteiger charge is 2.39. The van der Waals surface area contributed by atoms with Crippen molar-refractivity contribution in [3.8, 4) is 5.75 Å². The summed E-state index contributed by atoms with van der Waals surface area (Å²) in [4.78, 5) is 15.2. The number of pyridine rings is 1. The number of benzene rings is 1. The van der Waals surface area contributed by atoms with E-state index in [2.05, 4.69) is 54.4 Å². The number of aromatic nitrogens is 1. The number of para-hydroxylation sites is 1. The maximum atomic E-state index is 11.1. The lowest BCUT2D eigenvalue weighted by molar-refractivity contribution is -0.114. The monoisotopic (exact) mass is 385 g/mol. The number of nitrogens with one attached hydrogen (secondary N) is 1. The highest BCUT2D eigenvalue weighted by atomic mass is 28.4. The first-order valence-electron chi connectivity index (χ1n) is 8.73. The van der Waals surface area contributed by atoms with Crippen LogP contribution in [0.15, 0.2) is 46.6 Å². The molecule has 0 bridgehead atoms. The van der Waals surface area contributed by atoms with Gasteiger partial charge in [-0.2, -0.15) is 0 Å². The van der Waals surface area contributed by atoms with Gasteiger partial charge in [0.1, 0.15) is 22.9 Å². The van der Waals surface area contributed by atoms with Gasteiger partial charge >= 0.3 is 0 Å². The summed E-state index contributed by atoms with van der Waals surface area (Å²) < 4.78 is 6.37. The summed E-state index contributed by atoms with van der Waals surface area (Å²) >= 11 is 0. The predicted octanol–water partition coefficient (Wildman–Crippen LogP) is 5.42. The number of nitrogens with zero attached hydrogens (tertiary/aromatic N) is 3. The van der Waals surface area contributed by atoms with E-state index in [1.54, 1.807) is 12.1 Å². The van der Waals surface area contributed by atoms with Crippen molar-refractivity contribution in [2.75, 3.05) is 11.1 Å². The summed E-state index contributed by atoms with van der Waals surface area (Å²) in [5.41, 5.74) is 6.97. The topological polar surface area (TPSA) is 102 Å². The van der Waals surface area contributed by atoms with Gasteiger partial charge in [0.2, 0.25) is 5.91 Å². The molecule has 144 valence electrons. The van der Waals surface area contributed by atoms with Crippen LogP contribution in [-0.4, -0.2) is 19.2 Å². The van der Waals surface area contributed by atoms with E-state index >= 15 is 0 Å². The molecule has 1 aromatic carbocycles. The van der Waals surface area contributed by atoms with E-state index in [9.17, 15) is 4.79 Å². The van der Waals surface area contributed by atoms with Crippen LogP contribution < -0.4 is 15.5 Å². The molecule has 2 aromatic rings. The summed E-state index contributed by atoms with van der Waals surface area (Å²) in [5.74, 6) is 1.05. The molecule has 0 aliphatic heterocycles. The highest BCUT2D eigenvalue weighted by Crippen LogP contribution is 2.40. The minimum atomic E-state index is -2.00. The van der Waals surface area contributed by atoms with Gasteiger partial charge in [-0.1, -0.05) is 32.9 Å². The fourth-order valence-electron chi connectivity index (χ4n) is 1.96. The Morgan fingerprint density at radius 1 is 1.11 bits per heavy atom. The highest BCUT2D eigenvalue weighted by molar-refractivity contribution is 6.74. The fourth-order valence-corrected chi connectivity index (χ4v) is 2.99. The van der Waals surface area contributed by atoms with Gasteiger partial charge in [0.15, 0.2) is 5.82 Å². The molecule has 0 radical (unpaired) electrons. The van der Waals surface area contributed by atoms with E-state index in [0.717, 1.165) is 0 Å². The largest absolute Gasteiger partial charge is 0.542 e. The molecule has 1 amide bonds. The minimum absolute atomic E-state index is 0.0745. The van der Waals surface area contributed by atoms with Crippen molar-refractivity contribution in [2.24, 2.45) is 10.2 Å². The van der Waals surface area contributed by atoms with E-state index in [4.69, 9.17) is 10.2 Å². The van der Waals surface area contributed by atoms with Gasteiger partial charge in [0, 0.05) is 6.92 Å². The molecular formula is C19H27N5O2Si. The third-order valence-corrected chi connectivity index (χ3v) is 8.85. The third-order valence-electron chi connectivity index (χ3n) is 4.51. The number of azo groups is 1. The van der Waals surface area contributed by atoms with Crippen molar-refractivity contribution in [2.45, 2.75) is 45.8 Å². The van der Waals surface area contributed by atoms with Crippen molar-refractivity contribution in [1.29, 1.82) is 0 Å². The van der Waals surface area contributed by atoms with E-state index < -0.39 is 8.32 Å². The van der Waals surface area contributed by atoms with Crippen LogP contribution in [0.4, 0.5) is 23.0 Å². The molecule has 3 N–H and O–H groups in total. The number of anilines is 2. The zero-order valence-corrected chi connectivity index (χ0v) is 17.7. The van der Waals surface area contributed by atoms with Gasteiger partial charge in [-0.15, -0.1) is 10.2 Å². The second kappa shape index (κ2) is 7.87. The summed E-state index contributed by atoms with van der Waals surface area (Å²) in [6, 6.07) is 10.8. The number of nitrogen functional groups attached to an aromatic ring is 1. The van der Waals surface area contributed by atoms with Crippen LogP contribution in [0, 0.1) is 0 Å². The van der Waals surface area contributed by atoms with Gasteiger partial charge in [0.05, 0.1) is 0 Å². The van der Waals surface area contributed by atoms with E-state index in [0.29, 0.717) is 22.9 Å². The van der Waals surface area contributed by atoms with Crippen molar-refractivity contribution in [3.05, 3.63) is 36.4 Å². The number of carbonyl (C=O) groups is 1. The molecule has 0 fully saturated rings. The second-order valence-electron chi connectivity index (χ2n) is 7.81. The molecule has 1 aromatic heterocycles. The van der Waals surface area contributed by atoms with Crippen molar-refractivity contribution in [3.63, 3.8) is 0 Å². The van der Waals surface area contributed by atoms with Crippen molar-refractivity contribution >= 4 is 37.2 Å². The summed E-state index contributed by atoms with van der Waals surface area (Å²) in [5, 5.41) is 11.2. The van der Waals surface area contributed by atoms with Crippen LogP contribution in [0.5, 0.6) is 5.75 Å². The van der Waals surface area contributed by atoms with Crippen LogP contribution >= 0.6 is 0 Å². The van der Waals surface area contributed by atoms with E-state index in [1.807, 2.05) is 24.3 Å². The number of carbonyl (C=O) groups excluding carboxylic acids is 1. The molecule has 2 rings (SSSR count). The Bertz CT molecular complexity index is 859. The number of hydrogen-bond acceptors (Lipinski definition) is 6. The van der Waals surface area contributed by atoms with Crippen LogP contribution in [0.3, 0.4) is 0 Å². The zero-order valence-electron chi connectivity index (χ0n) is 16.7. The van der Waals surface area contributed by atoms with Crippen LogP contribution in [-0.2, 0) is 4.79 Å². The smallest absolute Gasteiger partial charge is 0.250 e. The molecule has 1 heterocycles. The van der Waals surface area contributed by atoms with Gasteiger partial charge in [-0.3, -0.25) is 4.79 Å². The van der Waals surface area contributed by atoms with Crippen LogP contribution in [0.1, 0.15) is 27.7 Å². The molecule has 7 nitrogen and oxygen atoms in total. The quantitative estimate of drug-likeness (QED) is 0.530. The molecular weight excluding hydrogens is 358 g/mol. The standard InChI is InChI=1S/C19H27N5O2Si/c1-13(25)21-17-12-11-15(18(20)22-17)24-23-14-9-7-8-10-16(14)26-27(5,6)19(2,3)4/h7-12H,1-6H3,(H3,20,21,22,25)/b24-23+. The second-order valence-corrected chi connectivity index (χ2v) is 12.5. The lowest BCUT2D eigenvalue weighted by Crippen LogP contribution is -2.43. The Hall–Kier alpha value is -2.74. The molecule has 0 saturated carbocycles. The summed E-state index contributed by atoms with van der Waals surface area (Å²) in [7, 11) is -2.00. The fraction of sp³-hybridized carbons (Fsp3) is 0.368. The average Bonchev–Trinajstić information content (AvgIpc) is 2.53. The summed E-state index contributed by atoms with van der Waals surface area (Å²) in [6.07, 6.45) is 0. The number of amides is 1. The lowest BCUT2D eigenvalue weighted by Gasteiger charge is -2.36. The Labute approximate surface area is 161 Å². The van der Waals surface area contributed by atoms with Crippen LogP contribution in [0.25, 0.3) is 0 Å². The maximum absolute atomic E-state index is 11.1. The molecule has 0 atom stereocenters. The number of hydrogen-bond donors (Lipinski definition) is 2. The number of nitrogens with two attached hydrogens (primary N) is 1. The molecule has 0 spiro atoms. The lowest BCUT2D eigenvalue weighted by atomic mass is 10.2. The van der Waals surface area contributed by atoms with Crippen LogP contribution in [0.2, 0.25) is 18.1 Å². The molecule has 0 unspecified atom stereocenters. The van der Waals surface area contributed by atoms with Gasteiger partial charge in [0.25, 0.3) is 8.32 Å². The average molecular weight is 386 g/mol. The number of rotatable bonds is 5. The Morgan fingerprint density at radius 3 is 2.33 bits per heavy atom. The Balaban J connectivity index is 2.27. The molecule has 0 saturated heterocycles. The van der Waals surface area contributed by atoms with E-state index in [1.165, 1.54) is 6.92 Å². The molecule has 8 heteroatoms. The maximum Gasteiger partial charge on any atom is 0.250 e. The first kappa shape index (κ1) is 20.6. The van der Waals surface area contributed by atoms with Gasteiger partial charge < -0.3 is 15.5 Å². The predicted molar refractivity (Wildman–Crippen MR) is 111 cm³/mol. The van der Waals surface area contributed by atoms with E-state index in [-0.39, 0.29) is 16.8 Å². The third kappa shape index (κ3) is 5.37. The molecule has 0 aliphatic rings. The molecule has 0 aliphatic carbocycles. The first-order chi connectivity index (χ1) is 12.5. The Morgan fingerprint density at radius 2 is 1.74 bits per heavy atom. The molecule has 27 heavy (non-hydrogen) atoms. The van der Waals surface area contributed by atoms with Gasteiger partial charge in [-0.25, -0.2) is 4.98 Å². The normalized spacial score (nSPS) is 12.2. The van der Waals surface area contributed by atoms with Crippen molar-refractivity contribution in [1.82, 2.24) is 4.98 Å². The summed E-state index contributed by atoms with van der Waals surface area (Å²) in [6.45, 7) is 12.3.